The van der Waals surface area contributed by atoms with Crippen molar-refractivity contribution in [1.29, 1.82) is 0 Å². The number of benzene rings is 1. The quantitative estimate of drug-likeness (QED) is 0.681. The molecule has 0 unspecified atom stereocenters. The molecule has 4 rings (SSSR count). The molecule has 2 heterocycles. The number of aliphatic hydroxyl groups excluding tert-OH is 1. The Bertz CT molecular complexity index is 886. The maximum atomic E-state index is 9.39. The molecule has 8 heteroatoms. The molecule has 1 aromatic carbocycles. The lowest BCUT2D eigenvalue weighted by Gasteiger charge is -2.08. The molecule has 0 atom stereocenters. The van der Waals surface area contributed by atoms with Gasteiger partial charge in [0.15, 0.2) is 5.16 Å². The Kier molecular flexibility index (Phi) is 4.24. The van der Waals surface area contributed by atoms with Gasteiger partial charge >= 0.3 is 0 Å². The van der Waals surface area contributed by atoms with E-state index >= 15 is 0 Å². The molecule has 0 saturated heterocycles. The second kappa shape index (κ2) is 6.38. The summed E-state index contributed by atoms with van der Waals surface area (Å²) < 4.78 is 4.25. The van der Waals surface area contributed by atoms with Crippen LogP contribution in [0.2, 0.25) is 5.02 Å². The van der Waals surface area contributed by atoms with Crippen LogP contribution in [-0.4, -0.2) is 36.0 Å². The number of aromatic nitrogens is 5. The average molecular weight is 364 g/mol. The minimum atomic E-state index is 0.0625. The number of nitrogens with zero attached hydrogens (tertiary/aromatic N) is 5. The summed E-state index contributed by atoms with van der Waals surface area (Å²) in [5.41, 5.74) is 1.84. The number of thioether (sulfide) groups is 1. The topological polar surface area (TPSA) is 68.8 Å². The van der Waals surface area contributed by atoms with Crippen molar-refractivity contribution in [3.05, 3.63) is 34.9 Å². The summed E-state index contributed by atoms with van der Waals surface area (Å²) in [6.45, 7) is 2.56. The van der Waals surface area contributed by atoms with Crippen LogP contribution in [0.5, 0.6) is 0 Å². The molecule has 3 aromatic rings. The molecule has 1 saturated carbocycles. The largest absolute Gasteiger partial charge is 0.395 e. The van der Waals surface area contributed by atoms with E-state index in [4.69, 9.17) is 16.6 Å². The van der Waals surface area contributed by atoms with E-state index in [1.54, 1.807) is 11.8 Å². The fraction of sp³-hybridized carbons (Fsp3) is 0.438. The molecule has 126 valence electrons. The summed E-state index contributed by atoms with van der Waals surface area (Å²) in [6, 6.07) is 6.20. The maximum Gasteiger partial charge on any atom is 0.191 e. The van der Waals surface area contributed by atoms with Crippen LogP contribution in [0, 0.1) is 6.92 Å². The minimum Gasteiger partial charge on any atom is -0.395 e. The lowest BCUT2D eigenvalue weighted by atomic mass is 10.3. The molecular weight excluding hydrogens is 346 g/mol. The molecular formula is C16H18ClN5OS. The smallest absolute Gasteiger partial charge is 0.191 e. The van der Waals surface area contributed by atoms with Gasteiger partial charge in [-0.05, 0) is 38.0 Å². The van der Waals surface area contributed by atoms with E-state index in [1.807, 2.05) is 29.7 Å². The van der Waals surface area contributed by atoms with E-state index in [0.717, 1.165) is 27.8 Å². The fourth-order valence-electron chi connectivity index (χ4n) is 2.94. The standard InChI is InChI=1S/C16H18ClN5OS/c1-10-19-20-16(22(10)12-3-4-12)24-9-15-18-13-5-2-11(17)8-14(13)21(15)6-7-23/h2,5,8,12,23H,3-4,6-7,9H2,1H3. The maximum absolute atomic E-state index is 9.39. The van der Waals surface area contributed by atoms with Gasteiger partial charge in [0.05, 0.1) is 23.4 Å². The van der Waals surface area contributed by atoms with Crippen molar-refractivity contribution in [3.63, 3.8) is 0 Å². The highest BCUT2D eigenvalue weighted by atomic mass is 35.5. The first kappa shape index (κ1) is 15.9. The first-order valence-electron chi connectivity index (χ1n) is 7.97. The number of halogens is 1. The molecule has 1 aliphatic rings. The molecule has 0 radical (unpaired) electrons. The van der Waals surface area contributed by atoms with Crippen molar-refractivity contribution in [2.45, 2.75) is 43.3 Å². The van der Waals surface area contributed by atoms with Gasteiger partial charge in [-0.25, -0.2) is 4.98 Å². The Morgan fingerprint density at radius 2 is 2.17 bits per heavy atom. The zero-order valence-electron chi connectivity index (χ0n) is 13.3. The Balaban J connectivity index is 1.63. The Hall–Kier alpha value is -1.57. The van der Waals surface area contributed by atoms with Crippen molar-refractivity contribution in [2.24, 2.45) is 0 Å². The summed E-state index contributed by atoms with van der Waals surface area (Å²) in [7, 11) is 0. The van der Waals surface area contributed by atoms with Crippen molar-refractivity contribution in [3.8, 4) is 0 Å². The van der Waals surface area contributed by atoms with Crippen molar-refractivity contribution in [2.75, 3.05) is 6.61 Å². The Morgan fingerprint density at radius 3 is 2.92 bits per heavy atom. The van der Waals surface area contributed by atoms with E-state index in [1.165, 1.54) is 12.8 Å². The third kappa shape index (κ3) is 2.92. The highest BCUT2D eigenvalue weighted by Gasteiger charge is 2.28. The second-order valence-corrected chi connectivity index (χ2v) is 7.33. The van der Waals surface area contributed by atoms with Gasteiger partial charge in [-0.1, -0.05) is 23.4 Å². The number of hydrogen-bond acceptors (Lipinski definition) is 5. The summed E-state index contributed by atoms with van der Waals surface area (Å²) in [5, 5.41) is 19.5. The van der Waals surface area contributed by atoms with Gasteiger partial charge in [0.1, 0.15) is 11.6 Å². The van der Waals surface area contributed by atoms with Crippen molar-refractivity contribution >= 4 is 34.4 Å². The van der Waals surface area contributed by atoms with E-state index in [2.05, 4.69) is 14.8 Å². The molecule has 0 amide bonds. The predicted molar refractivity (Wildman–Crippen MR) is 94.4 cm³/mol. The van der Waals surface area contributed by atoms with Crippen molar-refractivity contribution < 1.29 is 5.11 Å². The van der Waals surface area contributed by atoms with Crippen LogP contribution in [0.4, 0.5) is 0 Å². The molecule has 0 aliphatic heterocycles. The van der Waals surface area contributed by atoms with Crippen LogP contribution in [0.25, 0.3) is 11.0 Å². The molecule has 1 aliphatic carbocycles. The second-order valence-electron chi connectivity index (χ2n) is 5.96. The third-order valence-corrected chi connectivity index (χ3v) is 5.36. The first-order valence-corrected chi connectivity index (χ1v) is 9.33. The zero-order chi connectivity index (χ0) is 16.7. The van der Waals surface area contributed by atoms with E-state index < -0.39 is 0 Å². The van der Waals surface area contributed by atoms with Crippen LogP contribution >= 0.6 is 23.4 Å². The van der Waals surface area contributed by atoms with Crippen LogP contribution in [0.15, 0.2) is 23.4 Å². The summed E-state index contributed by atoms with van der Waals surface area (Å²) >= 11 is 7.75. The molecule has 1 fully saturated rings. The number of hydrogen-bond donors (Lipinski definition) is 1. The molecule has 24 heavy (non-hydrogen) atoms. The summed E-state index contributed by atoms with van der Waals surface area (Å²) in [4.78, 5) is 4.70. The van der Waals surface area contributed by atoms with Gasteiger partial charge in [0.2, 0.25) is 0 Å². The van der Waals surface area contributed by atoms with Gasteiger partial charge in [-0.3, -0.25) is 0 Å². The average Bonchev–Trinajstić information content (AvgIpc) is 3.25. The number of aliphatic hydroxyl groups is 1. The highest BCUT2D eigenvalue weighted by Crippen LogP contribution is 2.39. The Labute approximate surface area is 148 Å². The number of aryl methyl sites for hydroxylation is 1. The molecule has 6 nitrogen and oxygen atoms in total. The molecule has 0 bridgehead atoms. The van der Waals surface area contributed by atoms with Gasteiger partial charge in [-0.2, -0.15) is 0 Å². The fourth-order valence-corrected chi connectivity index (χ4v) is 4.10. The lowest BCUT2D eigenvalue weighted by molar-refractivity contribution is 0.276. The van der Waals surface area contributed by atoms with Crippen LogP contribution < -0.4 is 0 Å². The first-order chi connectivity index (χ1) is 11.7. The van der Waals surface area contributed by atoms with Gasteiger partial charge in [0, 0.05) is 17.6 Å². The lowest BCUT2D eigenvalue weighted by Crippen LogP contribution is -2.06. The van der Waals surface area contributed by atoms with Crippen molar-refractivity contribution in [1.82, 2.24) is 24.3 Å². The highest BCUT2D eigenvalue weighted by molar-refractivity contribution is 7.98. The molecule has 0 spiro atoms. The molecule has 2 aromatic heterocycles. The monoisotopic (exact) mass is 363 g/mol. The number of fused-ring (bicyclic) bond motifs is 1. The van der Waals surface area contributed by atoms with Gasteiger partial charge in [-0.15, -0.1) is 10.2 Å². The number of rotatable bonds is 6. The van der Waals surface area contributed by atoms with Gasteiger partial charge in [0.25, 0.3) is 0 Å². The summed E-state index contributed by atoms with van der Waals surface area (Å²) in [6.07, 6.45) is 2.40. The van der Waals surface area contributed by atoms with Gasteiger partial charge < -0.3 is 14.2 Å². The predicted octanol–water partition coefficient (Wildman–Crippen LogP) is 3.21. The van der Waals surface area contributed by atoms with Crippen LogP contribution in [0.3, 0.4) is 0 Å². The van der Waals surface area contributed by atoms with Crippen LogP contribution in [-0.2, 0) is 12.3 Å². The Morgan fingerprint density at radius 1 is 1.33 bits per heavy atom. The van der Waals surface area contributed by atoms with E-state index in [-0.39, 0.29) is 6.61 Å². The summed E-state index contributed by atoms with van der Waals surface area (Å²) in [5.74, 6) is 2.56. The third-order valence-electron chi connectivity index (χ3n) is 4.19. The molecule has 1 N–H and O–H groups in total. The van der Waals surface area contributed by atoms with E-state index in [9.17, 15) is 5.11 Å². The van der Waals surface area contributed by atoms with Crippen LogP contribution in [0.1, 0.15) is 30.5 Å². The van der Waals surface area contributed by atoms with E-state index in [0.29, 0.717) is 23.4 Å². The number of imidazole rings is 1. The minimum absolute atomic E-state index is 0.0625. The SMILES string of the molecule is Cc1nnc(SCc2nc3ccc(Cl)cc3n2CCO)n1C1CC1. The zero-order valence-corrected chi connectivity index (χ0v) is 14.9. The normalized spacial score (nSPS) is 14.6.